The minimum absolute atomic E-state index is 0.700. The minimum Gasteiger partial charge on any atom is -0.0627 e. The van der Waals surface area contributed by atoms with E-state index in [2.05, 4.69) is 41.5 Å². The molecular formula is C15H26. The first-order chi connectivity index (χ1) is 7.02. The van der Waals surface area contributed by atoms with Gasteiger partial charge in [-0.15, -0.1) is 0 Å². The summed E-state index contributed by atoms with van der Waals surface area (Å²) in [4.78, 5) is 0. The van der Waals surface area contributed by atoms with Crippen LogP contribution in [0.1, 0.15) is 60.8 Å². The van der Waals surface area contributed by atoms with Gasteiger partial charge in [0.15, 0.2) is 0 Å². The van der Waals surface area contributed by atoms with Crippen molar-refractivity contribution in [2.75, 3.05) is 0 Å². The lowest BCUT2D eigenvalue weighted by Crippen LogP contribution is -1.99. The Bertz CT molecular complexity index is 287. The van der Waals surface area contributed by atoms with Gasteiger partial charge >= 0.3 is 0 Å². The maximum Gasteiger partial charge on any atom is -0.00940 e. The van der Waals surface area contributed by atoms with Crippen LogP contribution in [-0.2, 0) is 0 Å². The van der Waals surface area contributed by atoms with E-state index in [1.165, 1.54) is 19.3 Å². The molecule has 0 heterocycles. The van der Waals surface area contributed by atoms with Crippen LogP contribution in [0.5, 0.6) is 0 Å². The van der Waals surface area contributed by atoms with Gasteiger partial charge in [-0.05, 0) is 42.2 Å². The fraction of sp³-hybridized carbons (Fsp3) is 0.733. The molecule has 86 valence electrons. The predicted octanol–water partition coefficient (Wildman–Crippen LogP) is 5.12. The lowest BCUT2D eigenvalue weighted by molar-refractivity contribution is 0.726. The van der Waals surface area contributed by atoms with Crippen LogP contribution in [0.4, 0.5) is 0 Å². The molecule has 15 heavy (non-hydrogen) atoms. The average molecular weight is 206 g/mol. The highest BCUT2D eigenvalue weighted by Gasteiger charge is 2.25. The maximum absolute atomic E-state index is 2.34. The number of hydrogen-bond donors (Lipinski definition) is 0. The molecule has 0 saturated carbocycles. The van der Waals surface area contributed by atoms with Crippen molar-refractivity contribution >= 4 is 0 Å². The van der Waals surface area contributed by atoms with Gasteiger partial charge < -0.3 is 0 Å². The molecule has 0 aromatic heterocycles. The smallest absolute Gasteiger partial charge is 0.00940 e. The minimum atomic E-state index is 0.700. The van der Waals surface area contributed by atoms with E-state index in [9.17, 15) is 0 Å². The molecule has 1 aliphatic rings. The summed E-state index contributed by atoms with van der Waals surface area (Å²) in [5.41, 5.74) is 6.77. The Balaban J connectivity index is 3.12. The molecule has 1 rings (SSSR count). The van der Waals surface area contributed by atoms with E-state index in [1.807, 2.05) is 0 Å². The van der Waals surface area contributed by atoms with Crippen LogP contribution in [-0.4, -0.2) is 0 Å². The standard InChI is InChI=1S/C15H26/c1-7-12-9-14(10(3)4)13(8-2)15(12)11(5)6/h10-11H,7-9H2,1-6H3. The Hall–Kier alpha value is -0.520. The van der Waals surface area contributed by atoms with Crippen LogP contribution in [0.3, 0.4) is 0 Å². The zero-order valence-electron chi connectivity index (χ0n) is 11.3. The molecule has 0 saturated heterocycles. The second-order valence-corrected chi connectivity index (χ2v) is 5.21. The number of rotatable bonds is 4. The lowest BCUT2D eigenvalue weighted by atomic mass is 9.90. The zero-order valence-corrected chi connectivity index (χ0v) is 11.3. The van der Waals surface area contributed by atoms with E-state index in [1.54, 1.807) is 22.3 Å². The van der Waals surface area contributed by atoms with E-state index in [0.29, 0.717) is 5.92 Å². The molecule has 0 aliphatic heterocycles. The molecule has 0 aromatic carbocycles. The second-order valence-electron chi connectivity index (χ2n) is 5.21. The van der Waals surface area contributed by atoms with E-state index < -0.39 is 0 Å². The molecule has 1 aliphatic carbocycles. The maximum atomic E-state index is 2.34. The fourth-order valence-corrected chi connectivity index (χ4v) is 2.86. The summed E-state index contributed by atoms with van der Waals surface area (Å²) in [5, 5.41) is 0. The van der Waals surface area contributed by atoms with Gasteiger partial charge in [0.2, 0.25) is 0 Å². The van der Waals surface area contributed by atoms with Crippen LogP contribution < -0.4 is 0 Å². The highest BCUT2D eigenvalue weighted by molar-refractivity contribution is 5.48. The summed E-state index contributed by atoms with van der Waals surface area (Å²) in [6.07, 6.45) is 3.70. The summed E-state index contributed by atoms with van der Waals surface area (Å²) in [6, 6.07) is 0. The number of hydrogen-bond acceptors (Lipinski definition) is 0. The van der Waals surface area contributed by atoms with Crippen molar-refractivity contribution in [1.29, 1.82) is 0 Å². The SMILES string of the molecule is CCC1=C(C(C)C)C(CC)=C(C(C)C)C1. The van der Waals surface area contributed by atoms with Crippen molar-refractivity contribution < 1.29 is 0 Å². The molecule has 0 fully saturated rings. The highest BCUT2D eigenvalue weighted by atomic mass is 14.3. The molecule has 0 nitrogen and oxygen atoms in total. The third kappa shape index (κ3) is 2.35. The van der Waals surface area contributed by atoms with E-state index >= 15 is 0 Å². The van der Waals surface area contributed by atoms with Gasteiger partial charge in [-0.2, -0.15) is 0 Å². The molecule has 0 spiro atoms. The fourth-order valence-electron chi connectivity index (χ4n) is 2.86. The predicted molar refractivity (Wildman–Crippen MR) is 68.9 cm³/mol. The van der Waals surface area contributed by atoms with Crippen LogP contribution in [0.25, 0.3) is 0 Å². The van der Waals surface area contributed by atoms with Crippen LogP contribution in [0, 0.1) is 11.8 Å². The quantitative estimate of drug-likeness (QED) is 0.599. The molecule has 0 N–H and O–H groups in total. The first-order valence-corrected chi connectivity index (χ1v) is 6.47. The van der Waals surface area contributed by atoms with Crippen LogP contribution in [0.2, 0.25) is 0 Å². The largest absolute Gasteiger partial charge is 0.0627 e. The second kappa shape index (κ2) is 5.01. The van der Waals surface area contributed by atoms with Gasteiger partial charge in [-0.3, -0.25) is 0 Å². The van der Waals surface area contributed by atoms with Gasteiger partial charge in [0.05, 0.1) is 0 Å². The van der Waals surface area contributed by atoms with Crippen LogP contribution in [0.15, 0.2) is 22.3 Å². The van der Waals surface area contributed by atoms with E-state index in [-0.39, 0.29) is 0 Å². The van der Waals surface area contributed by atoms with Crippen molar-refractivity contribution in [2.45, 2.75) is 60.8 Å². The van der Waals surface area contributed by atoms with Crippen molar-refractivity contribution in [1.82, 2.24) is 0 Å². The van der Waals surface area contributed by atoms with Gasteiger partial charge in [0.25, 0.3) is 0 Å². The Kier molecular flexibility index (Phi) is 4.19. The molecule has 0 aromatic rings. The first kappa shape index (κ1) is 12.5. The van der Waals surface area contributed by atoms with Gasteiger partial charge in [0.1, 0.15) is 0 Å². The Morgan fingerprint density at radius 2 is 1.53 bits per heavy atom. The normalized spacial score (nSPS) is 17.6. The molecule has 0 atom stereocenters. The summed E-state index contributed by atoms with van der Waals surface area (Å²) >= 11 is 0. The highest BCUT2D eigenvalue weighted by Crippen LogP contribution is 2.42. The van der Waals surface area contributed by atoms with Crippen molar-refractivity contribution in [3.63, 3.8) is 0 Å². The lowest BCUT2D eigenvalue weighted by Gasteiger charge is -2.15. The number of allylic oxidation sites excluding steroid dienone is 4. The third-order valence-electron chi connectivity index (χ3n) is 3.55. The third-order valence-corrected chi connectivity index (χ3v) is 3.55. The average Bonchev–Trinajstić information content (AvgIpc) is 2.55. The molecule has 0 amide bonds. The Morgan fingerprint density at radius 1 is 0.933 bits per heavy atom. The molecule has 0 bridgehead atoms. The van der Waals surface area contributed by atoms with E-state index in [4.69, 9.17) is 0 Å². The van der Waals surface area contributed by atoms with E-state index in [0.717, 1.165) is 5.92 Å². The Labute approximate surface area is 95.5 Å². The van der Waals surface area contributed by atoms with Gasteiger partial charge in [0, 0.05) is 0 Å². The Morgan fingerprint density at radius 3 is 1.87 bits per heavy atom. The monoisotopic (exact) mass is 206 g/mol. The van der Waals surface area contributed by atoms with Crippen LogP contribution >= 0.6 is 0 Å². The molecule has 0 radical (unpaired) electrons. The topological polar surface area (TPSA) is 0 Å². The summed E-state index contributed by atoms with van der Waals surface area (Å²) in [6.45, 7) is 13.9. The summed E-state index contributed by atoms with van der Waals surface area (Å²) < 4.78 is 0. The van der Waals surface area contributed by atoms with Crippen molar-refractivity contribution in [3.05, 3.63) is 22.3 Å². The summed E-state index contributed by atoms with van der Waals surface area (Å²) in [5.74, 6) is 1.42. The van der Waals surface area contributed by atoms with Gasteiger partial charge in [-0.25, -0.2) is 0 Å². The van der Waals surface area contributed by atoms with Crippen molar-refractivity contribution in [2.24, 2.45) is 11.8 Å². The molecule has 0 heteroatoms. The molecular weight excluding hydrogens is 180 g/mol. The van der Waals surface area contributed by atoms with Gasteiger partial charge in [-0.1, -0.05) is 52.7 Å². The first-order valence-electron chi connectivity index (χ1n) is 6.47. The summed E-state index contributed by atoms with van der Waals surface area (Å²) in [7, 11) is 0. The van der Waals surface area contributed by atoms with Crippen molar-refractivity contribution in [3.8, 4) is 0 Å². The molecule has 0 unspecified atom stereocenters. The zero-order chi connectivity index (χ0) is 11.6.